The van der Waals surface area contributed by atoms with E-state index in [1.807, 2.05) is 0 Å². The van der Waals surface area contributed by atoms with Crippen molar-refractivity contribution in [3.05, 3.63) is 28.8 Å². The maximum absolute atomic E-state index is 12.3. The third-order valence-corrected chi connectivity index (χ3v) is 2.39. The number of halogens is 3. The number of ether oxygens (including phenoxy) is 2. The van der Waals surface area contributed by atoms with Crippen molar-refractivity contribution in [1.29, 1.82) is 5.26 Å². The second-order valence-corrected chi connectivity index (χ2v) is 3.92. The van der Waals surface area contributed by atoms with E-state index in [4.69, 9.17) is 5.26 Å². The number of aryl methyl sites for hydroxylation is 1. The summed E-state index contributed by atoms with van der Waals surface area (Å²) in [7, 11) is 0. The molecule has 0 aliphatic heterocycles. The van der Waals surface area contributed by atoms with Gasteiger partial charge in [0, 0.05) is 5.56 Å². The van der Waals surface area contributed by atoms with Crippen molar-refractivity contribution < 1.29 is 27.4 Å². The predicted octanol–water partition coefficient (Wildman–Crippen LogP) is 2.87. The second-order valence-electron chi connectivity index (χ2n) is 3.92. The predicted molar refractivity (Wildman–Crippen MR) is 62.9 cm³/mol. The molecule has 1 rings (SSSR count). The molecule has 108 valence electrons. The highest BCUT2D eigenvalue weighted by atomic mass is 19.4. The van der Waals surface area contributed by atoms with E-state index in [0.29, 0.717) is 5.56 Å². The van der Waals surface area contributed by atoms with Crippen LogP contribution in [0.4, 0.5) is 13.2 Å². The van der Waals surface area contributed by atoms with Crippen LogP contribution in [0.1, 0.15) is 23.6 Å². The van der Waals surface area contributed by atoms with Gasteiger partial charge in [0.05, 0.1) is 24.7 Å². The lowest BCUT2D eigenvalue weighted by molar-refractivity contribution is -0.275. The van der Waals surface area contributed by atoms with Crippen molar-refractivity contribution in [2.75, 3.05) is 6.61 Å². The van der Waals surface area contributed by atoms with Crippen LogP contribution in [-0.2, 0) is 16.0 Å². The lowest BCUT2D eigenvalue weighted by Gasteiger charge is -2.14. The fourth-order valence-corrected chi connectivity index (χ4v) is 1.59. The minimum Gasteiger partial charge on any atom is -0.466 e. The fourth-order valence-electron chi connectivity index (χ4n) is 1.59. The van der Waals surface area contributed by atoms with E-state index in [0.717, 1.165) is 6.07 Å². The van der Waals surface area contributed by atoms with Crippen molar-refractivity contribution in [2.45, 2.75) is 26.6 Å². The van der Waals surface area contributed by atoms with Gasteiger partial charge in [0.25, 0.3) is 0 Å². The van der Waals surface area contributed by atoms with Gasteiger partial charge < -0.3 is 9.47 Å². The molecule has 4 nitrogen and oxygen atoms in total. The van der Waals surface area contributed by atoms with Gasteiger partial charge in [0.15, 0.2) is 0 Å². The number of carbonyl (C=O) groups excluding carboxylic acids is 1. The monoisotopic (exact) mass is 287 g/mol. The van der Waals surface area contributed by atoms with Gasteiger partial charge in [-0.3, -0.25) is 4.79 Å². The highest BCUT2D eigenvalue weighted by molar-refractivity contribution is 5.74. The van der Waals surface area contributed by atoms with Crippen LogP contribution in [0.25, 0.3) is 0 Å². The molecule has 0 saturated carbocycles. The van der Waals surface area contributed by atoms with Gasteiger partial charge >= 0.3 is 12.3 Å². The molecule has 0 bridgehead atoms. The zero-order chi connectivity index (χ0) is 15.3. The van der Waals surface area contributed by atoms with E-state index in [9.17, 15) is 18.0 Å². The van der Waals surface area contributed by atoms with Crippen LogP contribution < -0.4 is 4.74 Å². The van der Waals surface area contributed by atoms with Gasteiger partial charge in [-0.1, -0.05) is 6.07 Å². The molecule has 0 atom stereocenters. The Kier molecular flexibility index (Phi) is 4.97. The van der Waals surface area contributed by atoms with E-state index in [2.05, 4.69) is 9.47 Å². The lowest BCUT2D eigenvalue weighted by Crippen LogP contribution is -2.19. The Hall–Kier alpha value is -2.23. The van der Waals surface area contributed by atoms with Crippen LogP contribution in [-0.4, -0.2) is 18.9 Å². The minimum absolute atomic E-state index is 0.0253. The fraction of sp³-hybridized carbons (Fsp3) is 0.385. The molecular weight excluding hydrogens is 275 g/mol. The number of benzene rings is 1. The Morgan fingerprint density at radius 1 is 1.40 bits per heavy atom. The first-order valence-corrected chi connectivity index (χ1v) is 5.71. The number of nitriles is 1. The molecule has 0 aromatic heterocycles. The largest absolute Gasteiger partial charge is 0.573 e. The number of carbonyl (C=O) groups is 1. The number of nitrogens with zero attached hydrogens (tertiary/aromatic N) is 1. The molecule has 0 radical (unpaired) electrons. The average molecular weight is 287 g/mol. The summed E-state index contributed by atoms with van der Waals surface area (Å²) in [5.74, 6) is -1.23. The van der Waals surface area contributed by atoms with Crippen LogP contribution in [0.3, 0.4) is 0 Å². The number of alkyl halides is 3. The summed E-state index contributed by atoms with van der Waals surface area (Å²) < 4.78 is 45.5. The van der Waals surface area contributed by atoms with E-state index in [1.165, 1.54) is 6.07 Å². The van der Waals surface area contributed by atoms with E-state index < -0.39 is 18.1 Å². The zero-order valence-electron chi connectivity index (χ0n) is 10.9. The van der Waals surface area contributed by atoms with Crippen molar-refractivity contribution in [3.63, 3.8) is 0 Å². The summed E-state index contributed by atoms with van der Waals surface area (Å²) >= 11 is 0. The molecule has 1 aromatic rings. The van der Waals surface area contributed by atoms with Crippen LogP contribution in [0.2, 0.25) is 0 Å². The molecule has 0 N–H and O–H groups in total. The summed E-state index contributed by atoms with van der Waals surface area (Å²) in [6, 6.07) is 4.05. The molecule has 0 fully saturated rings. The summed E-state index contributed by atoms with van der Waals surface area (Å²) in [4.78, 5) is 11.4. The minimum atomic E-state index is -4.90. The average Bonchev–Trinajstić information content (AvgIpc) is 2.31. The normalized spacial score (nSPS) is 10.8. The van der Waals surface area contributed by atoms with E-state index >= 15 is 0 Å². The Morgan fingerprint density at radius 3 is 2.55 bits per heavy atom. The topological polar surface area (TPSA) is 59.3 Å². The van der Waals surface area contributed by atoms with Crippen molar-refractivity contribution in [2.24, 2.45) is 0 Å². The first-order chi connectivity index (χ1) is 9.26. The molecule has 0 spiro atoms. The van der Waals surface area contributed by atoms with Crippen LogP contribution in [0.15, 0.2) is 12.1 Å². The molecule has 0 heterocycles. The number of rotatable bonds is 4. The van der Waals surface area contributed by atoms with Crippen molar-refractivity contribution >= 4 is 5.97 Å². The number of esters is 1. The Morgan fingerprint density at radius 2 is 2.05 bits per heavy atom. The van der Waals surface area contributed by atoms with E-state index in [-0.39, 0.29) is 24.2 Å². The molecule has 0 amide bonds. The highest BCUT2D eigenvalue weighted by Crippen LogP contribution is 2.29. The Balaban J connectivity index is 3.16. The third kappa shape index (κ3) is 4.46. The molecule has 1 aromatic carbocycles. The third-order valence-electron chi connectivity index (χ3n) is 2.39. The van der Waals surface area contributed by atoms with Gasteiger partial charge in [-0.15, -0.1) is 13.2 Å². The molecule has 0 aliphatic carbocycles. The molecule has 20 heavy (non-hydrogen) atoms. The molecule has 0 unspecified atom stereocenters. The van der Waals surface area contributed by atoms with Crippen LogP contribution >= 0.6 is 0 Å². The summed E-state index contributed by atoms with van der Waals surface area (Å²) in [6.45, 7) is 3.28. The van der Waals surface area contributed by atoms with Crippen molar-refractivity contribution in [3.8, 4) is 11.8 Å². The van der Waals surface area contributed by atoms with Gasteiger partial charge in [-0.25, -0.2) is 0 Å². The van der Waals surface area contributed by atoms with E-state index in [1.54, 1.807) is 19.9 Å². The first-order valence-electron chi connectivity index (χ1n) is 5.71. The lowest BCUT2D eigenvalue weighted by atomic mass is 10.0. The first kappa shape index (κ1) is 15.8. The molecule has 0 saturated heterocycles. The summed E-state index contributed by atoms with van der Waals surface area (Å²) in [5, 5.41) is 8.82. The maximum atomic E-state index is 12.3. The maximum Gasteiger partial charge on any atom is 0.573 e. The summed E-state index contributed by atoms with van der Waals surface area (Å²) in [5.41, 5.74) is 0.537. The quantitative estimate of drug-likeness (QED) is 0.799. The SMILES string of the molecule is CCOC(=O)Cc1cc(C)c(C#N)cc1OC(F)(F)F. The Labute approximate surface area is 113 Å². The van der Waals surface area contributed by atoms with Crippen molar-refractivity contribution in [1.82, 2.24) is 0 Å². The standard InChI is InChI=1S/C13H12F3NO3/c1-3-19-12(18)6-9-4-8(2)10(7-17)5-11(9)20-13(14,15)16/h4-5H,3,6H2,1-2H3. The van der Waals surface area contributed by atoms with Gasteiger partial charge in [-0.2, -0.15) is 5.26 Å². The van der Waals surface area contributed by atoms with Gasteiger partial charge in [0.2, 0.25) is 0 Å². The number of hydrogen-bond acceptors (Lipinski definition) is 4. The van der Waals surface area contributed by atoms with Gasteiger partial charge in [-0.05, 0) is 25.5 Å². The molecule has 0 aliphatic rings. The molecule has 7 heteroatoms. The van der Waals surface area contributed by atoms with Crippen LogP contribution in [0.5, 0.6) is 5.75 Å². The smallest absolute Gasteiger partial charge is 0.466 e. The summed E-state index contributed by atoms with van der Waals surface area (Å²) in [6.07, 6.45) is -5.25. The van der Waals surface area contributed by atoms with Gasteiger partial charge in [0.1, 0.15) is 5.75 Å². The molecular formula is C13H12F3NO3. The second kappa shape index (κ2) is 6.28. The number of hydrogen-bond donors (Lipinski definition) is 0. The van der Waals surface area contributed by atoms with Crippen LogP contribution in [0, 0.1) is 18.3 Å². The Bertz CT molecular complexity index is 547. The highest BCUT2D eigenvalue weighted by Gasteiger charge is 2.32. The zero-order valence-corrected chi connectivity index (χ0v) is 10.9.